The number of thiophene rings is 1. The second-order valence-corrected chi connectivity index (χ2v) is 8.69. The van der Waals surface area contributed by atoms with E-state index in [0.717, 1.165) is 72.8 Å². The summed E-state index contributed by atoms with van der Waals surface area (Å²) in [4.78, 5) is 12.3. The zero-order valence-electron chi connectivity index (χ0n) is 16.2. The van der Waals surface area contributed by atoms with Gasteiger partial charge in [0, 0.05) is 48.3 Å². The van der Waals surface area contributed by atoms with Crippen LogP contribution in [0.1, 0.15) is 36.8 Å². The minimum absolute atomic E-state index is 0.404. The molecule has 2 aliphatic heterocycles. The second kappa shape index (κ2) is 6.91. The molecule has 1 fully saturated rings. The number of rotatable bonds is 3. The van der Waals surface area contributed by atoms with E-state index in [9.17, 15) is 0 Å². The summed E-state index contributed by atoms with van der Waals surface area (Å²) in [6.45, 7) is 3.01. The number of nitrogens with zero attached hydrogens (tertiary/aromatic N) is 6. The van der Waals surface area contributed by atoms with E-state index in [1.165, 1.54) is 12.2 Å². The molecule has 4 aromatic rings. The summed E-state index contributed by atoms with van der Waals surface area (Å²) >= 11 is 1.68. The quantitative estimate of drug-likeness (QED) is 0.512. The van der Waals surface area contributed by atoms with Crippen LogP contribution in [-0.2, 0) is 13.0 Å². The molecule has 0 N–H and O–H groups in total. The van der Waals surface area contributed by atoms with E-state index in [2.05, 4.69) is 60.8 Å². The van der Waals surface area contributed by atoms with Gasteiger partial charge in [-0.2, -0.15) is 11.3 Å². The van der Waals surface area contributed by atoms with E-state index in [0.29, 0.717) is 5.92 Å². The zero-order valence-corrected chi connectivity index (χ0v) is 17.0. The molecule has 2 aliphatic rings. The number of para-hydroxylation sites is 1. The summed E-state index contributed by atoms with van der Waals surface area (Å²) in [6.07, 6.45) is 4.55. The van der Waals surface area contributed by atoms with Crippen molar-refractivity contribution < 1.29 is 0 Å². The van der Waals surface area contributed by atoms with Crippen LogP contribution in [0.3, 0.4) is 0 Å². The molecule has 146 valence electrons. The number of hydrogen-bond donors (Lipinski definition) is 0. The number of hydrogen-bond acceptors (Lipinski definition) is 6. The molecule has 1 saturated heterocycles. The van der Waals surface area contributed by atoms with Gasteiger partial charge < -0.3 is 9.47 Å². The lowest BCUT2D eigenvalue weighted by Crippen LogP contribution is -2.36. The fourth-order valence-electron chi connectivity index (χ4n) is 4.68. The number of benzene rings is 1. The maximum Gasteiger partial charge on any atom is 0.162 e. The van der Waals surface area contributed by atoms with Crippen molar-refractivity contribution in [1.82, 2.24) is 24.7 Å². The first-order chi connectivity index (χ1) is 14.4. The lowest BCUT2D eigenvalue weighted by Gasteiger charge is -2.34. The SMILES string of the molecule is c1ccc2c(N3CCCC(c4nnc5n4CCC5)C3)nc(-c3ccsc3)nc2c1. The normalized spacial score (nSPS) is 19.0. The Morgan fingerprint density at radius 1 is 1.00 bits per heavy atom. The first-order valence-electron chi connectivity index (χ1n) is 10.3. The summed E-state index contributed by atoms with van der Waals surface area (Å²) in [5.41, 5.74) is 2.09. The van der Waals surface area contributed by atoms with Crippen molar-refractivity contribution in [2.75, 3.05) is 18.0 Å². The van der Waals surface area contributed by atoms with Crippen LogP contribution in [0, 0.1) is 0 Å². The van der Waals surface area contributed by atoms with Crippen LogP contribution in [0.4, 0.5) is 5.82 Å². The van der Waals surface area contributed by atoms with Gasteiger partial charge in [0.1, 0.15) is 17.5 Å². The molecule has 7 heteroatoms. The van der Waals surface area contributed by atoms with Gasteiger partial charge in [-0.25, -0.2) is 9.97 Å². The van der Waals surface area contributed by atoms with Crippen LogP contribution in [0.25, 0.3) is 22.3 Å². The van der Waals surface area contributed by atoms with Gasteiger partial charge in [-0.05, 0) is 42.8 Å². The van der Waals surface area contributed by atoms with Crippen LogP contribution in [0.2, 0.25) is 0 Å². The smallest absolute Gasteiger partial charge is 0.162 e. The van der Waals surface area contributed by atoms with Gasteiger partial charge in [-0.3, -0.25) is 0 Å². The van der Waals surface area contributed by atoms with Crippen molar-refractivity contribution in [1.29, 1.82) is 0 Å². The Balaban J connectivity index is 1.40. The van der Waals surface area contributed by atoms with E-state index < -0.39 is 0 Å². The molecule has 1 aromatic carbocycles. The predicted molar refractivity (Wildman–Crippen MR) is 115 cm³/mol. The van der Waals surface area contributed by atoms with Gasteiger partial charge in [0.05, 0.1) is 5.52 Å². The van der Waals surface area contributed by atoms with Gasteiger partial charge in [-0.15, -0.1) is 10.2 Å². The van der Waals surface area contributed by atoms with E-state index in [1.54, 1.807) is 11.3 Å². The summed E-state index contributed by atoms with van der Waals surface area (Å²) < 4.78 is 2.35. The molecule has 29 heavy (non-hydrogen) atoms. The molecule has 0 spiro atoms. The molecule has 5 heterocycles. The van der Waals surface area contributed by atoms with Crippen LogP contribution in [-0.4, -0.2) is 37.8 Å². The van der Waals surface area contributed by atoms with Crippen LogP contribution in [0.15, 0.2) is 41.1 Å². The Kier molecular flexibility index (Phi) is 4.08. The van der Waals surface area contributed by atoms with Crippen molar-refractivity contribution >= 4 is 28.1 Å². The van der Waals surface area contributed by atoms with Gasteiger partial charge in [-0.1, -0.05) is 12.1 Å². The maximum atomic E-state index is 5.03. The number of aryl methyl sites for hydroxylation is 1. The molecule has 1 atom stereocenters. The topological polar surface area (TPSA) is 59.7 Å². The van der Waals surface area contributed by atoms with Crippen molar-refractivity contribution in [3.05, 3.63) is 52.7 Å². The van der Waals surface area contributed by atoms with Gasteiger partial charge >= 0.3 is 0 Å². The van der Waals surface area contributed by atoms with Crippen LogP contribution >= 0.6 is 11.3 Å². The minimum atomic E-state index is 0.404. The highest BCUT2D eigenvalue weighted by atomic mass is 32.1. The number of fused-ring (bicyclic) bond motifs is 2. The van der Waals surface area contributed by atoms with E-state index >= 15 is 0 Å². The highest BCUT2D eigenvalue weighted by Crippen LogP contribution is 2.34. The minimum Gasteiger partial charge on any atom is -0.355 e. The summed E-state index contributed by atoms with van der Waals surface area (Å²) in [7, 11) is 0. The van der Waals surface area contributed by atoms with E-state index in [1.807, 2.05) is 0 Å². The molecule has 1 unspecified atom stereocenters. The standard InChI is InChI=1S/C22H22N6S/c1-2-7-18-17(6-1)22(24-20(23-18)16-9-12-29-14-16)27-10-3-5-15(13-27)21-26-25-19-8-4-11-28(19)21/h1-2,6-7,9,12,14-15H,3-5,8,10-11,13H2. The van der Waals surface area contributed by atoms with Gasteiger partial charge in [0.2, 0.25) is 0 Å². The zero-order chi connectivity index (χ0) is 19.2. The number of aromatic nitrogens is 5. The Hall–Kier alpha value is -2.80. The third kappa shape index (κ3) is 2.92. The molecular weight excluding hydrogens is 380 g/mol. The fraction of sp³-hybridized carbons (Fsp3) is 0.364. The highest BCUT2D eigenvalue weighted by molar-refractivity contribution is 7.08. The molecule has 0 bridgehead atoms. The van der Waals surface area contributed by atoms with Gasteiger partial charge in [0.25, 0.3) is 0 Å². The van der Waals surface area contributed by atoms with Crippen molar-refractivity contribution in [3.8, 4) is 11.4 Å². The molecule has 6 rings (SSSR count). The third-order valence-electron chi connectivity index (χ3n) is 6.09. The first kappa shape index (κ1) is 17.1. The number of piperidine rings is 1. The summed E-state index contributed by atoms with van der Waals surface area (Å²) in [5, 5.41) is 14.3. The van der Waals surface area contributed by atoms with Crippen LogP contribution < -0.4 is 4.90 Å². The van der Waals surface area contributed by atoms with Crippen molar-refractivity contribution in [2.24, 2.45) is 0 Å². The number of anilines is 1. The predicted octanol–water partition coefficient (Wildman–Crippen LogP) is 4.28. The van der Waals surface area contributed by atoms with E-state index in [4.69, 9.17) is 9.97 Å². The van der Waals surface area contributed by atoms with Crippen molar-refractivity contribution in [3.63, 3.8) is 0 Å². The Labute approximate surface area is 173 Å². The Morgan fingerprint density at radius 3 is 2.90 bits per heavy atom. The molecule has 0 aliphatic carbocycles. The molecule has 0 amide bonds. The maximum absolute atomic E-state index is 5.03. The molecule has 6 nitrogen and oxygen atoms in total. The molecular formula is C22H22N6S. The lowest BCUT2D eigenvalue weighted by atomic mass is 9.96. The molecule has 0 radical (unpaired) electrons. The summed E-state index contributed by atoms with van der Waals surface area (Å²) in [6, 6.07) is 10.4. The van der Waals surface area contributed by atoms with Crippen LogP contribution in [0.5, 0.6) is 0 Å². The average Bonchev–Trinajstić information content (AvgIpc) is 3.51. The first-order valence-corrected chi connectivity index (χ1v) is 11.3. The Morgan fingerprint density at radius 2 is 1.97 bits per heavy atom. The third-order valence-corrected chi connectivity index (χ3v) is 6.77. The lowest BCUT2D eigenvalue weighted by molar-refractivity contribution is 0.471. The molecule has 3 aromatic heterocycles. The highest BCUT2D eigenvalue weighted by Gasteiger charge is 2.29. The fourth-order valence-corrected chi connectivity index (χ4v) is 5.31. The average molecular weight is 403 g/mol. The largest absolute Gasteiger partial charge is 0.355 e. The second-order valence-electron chi connectivity index (χ2n) is 7.91. The monoisotopic (exact) mass is 402 g/mol. The van der Waals surface area contributed by atoms with E-state index in [-0.39, 0.29) is 0 Å². The Bertz CT molecular complexity index is 1170. The summed E-state index contributed by atoms with van der Waals surface area (Å²) in [5.74, 6) is 4.58. The van der Waals surface area contributed by atoms with Gasteiger partial charge in [0.15, 0.2) is 5.82 Å². The van der Waals surface area contributed by atoms with Crippen molar-refractivity contribution in [2.45, 2.75) is 38.1 Å². The molecule has 0 saturated carbocycles.